The highest BCUT2D eigenvalue weighted by molar-refractivity contribution is 5.86. The summed E-state index contributed by atoms with van der Waals surface area (Å²) in [6.45, 7) is -0.0724. The lowest BCUT2D eigenvalue weighted by molar-refractivity contribution is 0.0549. The summed E-state index contributed by atoms with van der Waals surface area (Å²) in [5.41, 5.74) is 0.896. The highest BCUT2D eigenvalue weighted by Gasteiger charge is 2.12. The average Bonchev–Trinajstić information content (AvgIpc) is 2.86. The Labute approximate surface area is 98.0 Å². The molecule has 0 radical (unpaired) electrons. The third kappa shape index (κ3) is 2.49. The zero-order chi connectivity index (χ0) is 12.1. The Balaban J connectivity index is 2.17. The maximum absolute atomic E-state index is 11.4. The van der Waals surface area contributed by atoms with E-state index in [0.717, 1.165) is 5.69 Å². The number of nitrogens with zero attached hydrogens (tertiary/aromatic N) is 3. The molecule has 0 saturated heterocycles. The summed E-state index contributed by atoms with van der Waals surface area (Å²) in [7, 11) is 0. The minimum absolute atomic E-state index is 0.0724. The zero-order valence-corrected chi connectivity index (χ0v) is 8.91. The Morgan fingerprint density at radius 2 is 2.18 bits per heavy atom. The van der Waals surface area contributed by atoms with Crippen molar-refractivity contribution >= 4 is 5.97 Å². The molecule has 1 aromatic carbocycles. The predicted octanol–water partition coefficient (Wildman–Crippen LogP) is 1.06. The molecule has 84 valence electrons. The van der Waals surface area contributed by atoms with E-state index in [9.17, 15) is 4.79 Å². The lowest BCUT2D eigenvalue weighted by atomic mass is 10.3. The largest absolute Gasteiger partial charge is 0.448 e. The van der Waals surface area contributed by atoms with Crippen LogP contribution in [0.15, 0.2) is 36.5 Å². The van der Waals surface area contributed by atoms with Crippen molar-refractivity contribution in [3.8, 4) is 18.0 Å². The van der Waals surface area contributed by atoms with Crippen LogP contribution in [0.2, 0.25) is 0 Å². The number of carbonyl (C=O) groups is 1. The monoisotopic (exact) mass is 227 g/mol. The van der Waals surface area contributed by atoms with Crippen LogP contribution in [0.4, 0.5) is 0 Å². The van der Waals surface area contributed by atoms with Crippen LogP contribution in [0, 0.1) is 12.3 Å². The van der Waals surface area contributed by atoms with Crippen LogP contribution >= 0.6 is 0 Å². The van der Waals surface area contributed by atoms with Crippen molar-refractivity contribution in [2.45, 2.75) is 0 Å². The van der Waals surface area contributed by atoms with Crippen molar-refractivity contribution in [1.82, 2.24) is 15.0 Å². The van der Waals surface area contributed by atoms with Crippen molar-refractivity contribution in [3.05, 3.63) is 42.2 Å². The molecule has 0 aliphatic carbocycles. The molecule has 0 fully saturated rings. The Morgan fingerprint density at radius 3 is 2.88 bits per heavy atom. The Hall–Kier alpha value is -2.61. The van der Waals surface area contributed by atoms with Crippen LogP contribution in [-0.4, -0.2) is 27.6 Å². The van der Waals surface area contributed by atoms with Crippen molar-refractivity contribution in [2.24, 2.45) is 0 Å². The predicted molar refractivity (Wildman–Crippen MR) is 60.5 cm³/mol. The van der Waals surface area contributed by atoms with Crippen molar-refractivity contribution < 1.29 is 9.53 Å². The number of benzene rings is 1. The molecular formula is C12H9N3O2. The number of terminal acetylenes is 1. The molecule has 0 N–H and O–H groups in total. The van der Waals surface area contributed by atoms with Gasteiger partial charge in [-0.05, 0) is 12.1 Å². The second-order valence-electron chi connectivity index (χ2n) is 3.14. The standard InChI is InChI=1S/C12H9N3O2/c1-2-8-17-12(16)11-9-13-15(14-11)10-6-4-3-5-7-10/h1,3-7,9H,8H2. The second-order valence-corrected chi connectivity index (χ2v) is 3.14. The molecule has 2 aromatic rings. The van der Waals surface area contributed by atoms with Crippen LogP contribution < -0.4 is 0 Å². The number of carbonyl (C=O) groups excluding carboxylic acids is 1. The minimum Gasteiger partial charge on any atom is -0.448 e. The number of para-hydroxylation sites is 1. The van der Waals surface area contributed by atoms with Gasteiger partial charge in [0, 0.05) is 0 Å². The molecule has 0 atom stereocenters. The van der Waals surface area contributed by atoms with Crippen molar-refractivity contribution in [1.29, 1.82) is 0 Å². The molecule has 1 heterocycles. The first-order valence-corrected chi connectivity index (χ1v) is 4.89. The SMILES string of the molecule is C#CCOC(=O)c1cnn(-c2ccccc2)n1. The smallest absolute Gasteiger partial charge is 0.361 e. The van der Waals surface area contributed by atoms with Crippen LogP contribution in [-0.2, 0) is 4.74 Å². The summed E-state index contributed by atoms with van der Waals surface area (Å²) in [6.07, 6.45) is 6.32. The summed E-state index contributed by atoms with van der Waals surface area (Å²) in [6, 6.07) is 9.26. The molecular weight excluding hydrogens is 218 g/mol. The molecule has 1 aromatic heterocycles. The average molecular weight is 227 g/mol. The van der Waals surface area contributed by atoms with E-state index in [-0.39, 0.29) is 12.3 Å². The molecule has 5 nitrogen and oxygen atoms in total. The van der Waals surface area contributed by atoms with Gasteiger partial charge in [-0.15, -0.1) is 11.5 Å². The molecule has 17 heavy (non-hydrogen) atoms. The Bertz CT molecular complexity index is 555. The van der Waals surface area contributed by atoms with E-state index >= 15 is 0 Å². The Kier molecular flexibility index (Phi) is 3.17. The number of hydrogen-bond donors (Lipinski definition) is 0. The molecule has 2 rings (SSSR count). The molecule has 0 saturated carbocycles. The van der Waals surface area contributed by atoms with Gasteiger partial charge in [0.25, 0.3) is 0 Å². The second kappa shape index (κ2) is 4.94. The van der Waals surface area contributed by atoms with E-state index in [1.807, 2.05) is 30.3 Å². The van der Waals surface area contributed by atoms with Crippen molar-refractivity contribution in [3.63, 3.8) is 0 Å². The third-order valence-corrected chi connectivity index (χ3v) is 1.97. The molecule has 5 heteroatoms. The summed E-state index contributed by atoms with van der Waals surface area (Å²) in [5, 5.41) is 7.96. The van der Waals surface area contributed by atoms with Gasteiger partial charge in [-0.25, -0.2) is 4.79 Å². The van der Waals surface area contributed by atoms with Gasteiger partial charge in [0.1, 0.15) is 0 Å². The maximum Gasteiger partial charge on any atom is 0.361 e. The van der Waals surface area contributed by atoms with E-state index < -0.39 is 5.97 Å². The van der Waals surface area contributed by atoms with Crippen LogP contribution in [0.5, 0.6) is 0 Å². The first-order valence-electron chi connectivity index (χ1n) is 4.89. The molecule has 0 aliphatic heterocycles. The van der Waals surface area contributed by atoms with E-state index in [0.29, 0.717) is 0 Å². The fraction of sp³-hybridized carbons (Fsp3) is 0.0833. The summed E-state index contributed by atoms with van der Waals surface area (Å²) in [5.74, 6) is 1.63. The molecule has 0 aliphatic rings. The van der Waals surface area contributed by atoms with Gasteiger partial charge in [0.05, 0.1) is 11.9 Å². The molecule has 0 bridgehead atoms. The van der Waals surface area contributed by atoms with Gasteiger partial charge >= 0.3 is 5.97 Å². The van der Waals surface area contributed by atoms with Gasteiger partial charge in [-0.2, -0.15) is 9.90 Å². The number of ether oxygens (including phenoxy) is 1. The highest BCUT2D eigenvalue weighted by atomic mass is 16.5. The van der Waals surface area contributed by atoms with Gasteiger partial charge in [-0.1, -0.05) is 24.1 Å². The number of hydrogen-bond acceptors (Lipinski definition) is 4. The molecule has 0 amide bonds. The van der Waals surface area contributed by atoms with Gasteiger partial charge in [-0.3, -0.25) is 0 Å². The fourth-order valence-electron chi connectivity index (χ4n) is 1.22. The summed E-state index contributed by atoms with van der Waals surface area (Å²) < 4.78 is 4.74. The summed E-state index contributed by atoms with van der Waals surface area (Å²) >= 11 is 0. The van der Waals surface area contributed by atoms with E-state index in [1.165, 1.54) is 11.0 Å². The van der Waals surface area contributed by atoms with Crippen molar-refractivity contribution in [2.75, 3.05) is 6.61 Å². The van der Waals surface area contributed by atoms with Crippen LogP contribution in [0.1, 0.15) is 10.5 Å². The lowest BCUT2D eigenvalue weighted by Crippen LogP contribution is -2.07. The number of esters is 1. The third-order valence-electron chi connectivity index (χ3n) is 1.97. The van der Waals surface area contributed by atoms with E-state index in [4.69, 9.17) is 11.2 Å². The van der Waals surface area contributed by atoms with Gasteiger partial charge in [0.15, 0.2) is 12.3 Å². The molecule has 0 spiro atoms. The van der Waals surface area contributed by atoms with E-state index in [1.54, 1.807) is 0 Å². The van der Waals surface area contributed by atoms with Crippen LogP contribution in [0.3, 0.4) is 0 Å². The minimum atomic E-state index is -0.579. The van der Waals surface area contributed by atoms with Gasteiger partial charge in [0.2, 0.25) is 0 Å². The quantitative estimate of drug-likeness (QED) is 0.581. The number of rotatable bonds is 3. The van der Waals surface area contributed by atoms with E-state index in [2.05, 4.69) is 16.1 Å². The number of aromatic nitrogens is 3. The van der Waals surface area contributed by atoms with Gasteiger partial charge < -0.3 is 4.74 Å². The normalized spacial score (nSPS) is 9.59. The first kappa shape index (κ1) is 10.9. The summed E-state index contributed by atoms with van der Waals surface area (Å²) in [4.78, 5) is 12.8. The maximum atomic E-state index is 11.4. The molecule has 0 unspecified atom stereocenters. The highest BCUT2D eigenvalue weighted by Crippen LogP contribution is 2.04. The zero-order valence-electron chi connectivity index (χ0n) is 8.91. The Morgan fingerprint density at radius 1 is 1.41 bits per heavy atom. The first-order chi connectivity index (χ1) is 8.31. The topological polar surface area (TPSA) is 57.0 Å². The fourth-order valence-corrected chi connectivity index (χ4v) is 1.22. The van der Waals surface area contributed by atoms with Crippen LogP contribution in [0.25, 0.3) is 5.69 Å². The lowest BCUT2D eigenvalue weighted by Gasteiger charge is -1.97.